The number of rotatable bonds is 4. The van der Waals surface area contributed by atoms with Gasteiger partial charge in [0, 0.05) is 17.5 Å². The molecule has 0 bridgehead atoms. The van der Waals surface area contributed by atoms with Crippen LogP contribution in [0.4, 0.5) is 8.78 Å². The van der Waals surface area contributed by atoms with E-state index in [0.717, 1.165) is 17.7 Å². The van der Waals surface area contributed by atoms with Crippen molar-refractivity contribution in [2.75, 3.05) is 0 Å². The molecule has 2 aromatic rings. The lowest BCUT2D eigenvalue weighted by Gasteiger charge is -2.22. The van der Waals surface area contributed by atoms with Gasteiger partial charge in [0.25, 0.3) is 0 Å². The molecule has 23 heavy (non-hydrogen) atoms. The second-order valence-electron chi connectivity index (χ2n) is 5.21. The van der Waals surface area contributed by atoms with Gasteiger partial charge in [0.15, 0.2) is 11.6 Å². The Labute approximate surface area is 131 Å². The summed E-state index contributed by atoms with van der Waals surface area (Å²) in [5.74, 6) is -1.26. The fourth-order valence-electron chi connectivity index (χ4n) is 2.61. The van der Waals surface area contributed by atoms with E-state index in [1.807, 2.05) is 6.07 Å². The molecule has 4 nitrogen and oxygen atoms in total. The first-order valence-corrected chi connectivity index (χ1v) is 6.95. The molecular formula is C17H12F2N2O2. The van der Waals surface area contributed by atoms with E-state index in [4.69, 9.17) is 10.00 Å². The highest BCUT2D eigenvalue weighted by molar-refractivity contribution is 5.75. The second-order valence-corrected chi connectivity index (χ2v) is 5.21. The summed E-state index contributed by atoms with van der Waals surface area (Å²) in [5.41, 5.74) is 2.66. The van der Waals surface area contributed by atoms with Crippen molar-refractivity contribution in [1.82, 2.24) is 5.32 Å². The number of halogens is 2. The van der Waals surface area contributed by atoms with Crippen LogP contribution in [0.15, 0.2) is 30.3 Å². The summed E-state index contributed by atoms with van der Waals surface area (Å²) in [4.78, 5) is 10.4. The molecular weight excluding hydrogens is 302 g/mol. The van der Waals surface area contributed by atoms with Crippen LogP contribution in [0.2, 0.25) is 0 Å². The number of amides is 1. The highest BCUT2D eigenvalue weighted by Gasteiger charge is 2.20. The van der Waals surface area contributed by atoms with Crippen molar-refractivity contribution in [2.24, 2.45) is 0 Å². The largest absolute Gasteiger partial charge is 0.488 e. The molecule has 0 spiro atoms. The van der Waals surface area contributed by atoms with Gasteiger partial charge in [-0.1, -0.05) is 12.1 Å². The molecule has 1 aliphatic heterocycles. The van der Waals surface area contributed by atoms with Crippen LogP contribution in [0.3, 0.4) is 0 Å². The molecule has 1 unspecified atom stereocenters. The van der Waals surface area contributed by atoms with Crippen LogP contribution in [0.5, 0.6) is 5.75 Å². The Morgan fingerprint density at radius 1 is 1.26 bits per heavy atom. The van der Waals surface area contributed by atoms with Gasteiger partial charge >= 0.3 is 0 Å². The molecule has 1 aliphatic rings. The van der Waals surface area contributed by atoms with Crippen molar-refractivity contribution in [1.29, 1.82) is 5.26 Å². The van der Waals surface area contributed by atoms with Gasteiger partial charge in [0.2, 0.25) is 6.41 Å². The first kappa shape index (κ1) is 15.0. The molecule has 6 heteroatoms. The molecule has 0 saturated carbocycles. The van der Waals surface area contributed by atoms with Gasteiger partial charge in [-0.25, -0.2) is 8.78 Å². The Kier molecular flexibility index (Phi) is 3.94. The highest BCUT2D eigenvalue weighted by atomic mass is 19.2. The van der Waals surface area contributed by atoms with Gasteiger partial charge in [0.1, 0.15) is 18.4 Å². The van der Waals surface area contributed by atoms with Crippen LogP contribution in [0.1, 0.15) is 11.1 Å². The van der Waals surface area contributed by atoms with Gasteiger partial charge in [-0.2, -0.15) is 5.26 Å². The maximum absolute atomic E-state index is 13.5. The minimum absolute atomic E-state index is 0.150. The van der Waals surface area contributed by atoms with Crippen molar-refractivity contribution in [3.63, 3.8) is 0 Å². The van der Waals surface area contributed by atoms with Crippen LogP contribution in [-0.2, 0) is 17.8 Å². The first-order chi connectivity index (χ1) is 11.1. The third kappa shape index (κ3) is 2.86. The smallest absolute Gasteiger partial charge is 0.208 e. The minimum atomic E-state index is -0.902. The second kappa shape index (κ2) is 6.05. The third-order valence-electron chi connectivity index (χ3n) is 3.73. The standard InChI is InChI=1S/C17H12F2N2O2/c18-15-5-11-8-23-17-4-10(3-12(7-20)21-9-22)1-2-13(17)14(11)6-16(15)19/h1-2,4-6,9,12H,3,8H2,(H,21,22). The lowest BCUT2D eigenvalue weighted by Crippen LogP contribution is -2.28. The molecule has 0 saturated heterocycles. The number of nitriles is 1. The summed E-state index contributed by atoms with van der Waals surface area (Å²) in [6.07, 6.45) is 0.812. The predicted octanol–water partition coefficient (Wildman–Crippen LogP) is 2.70. The summed E-state index contributed by atoms with van der Waals surface area (Å²) in [7, 11) is 0. The third-order valence-corrected chi connectivity index (χ3v) is 3.73. The number of ether oxygens (including phenoxy) is 1. The molecule has 1 N–H and O–H groups in total. The van der Waals surface area contributed by atoms with E-state index in [1.165, 1.54) is 0 Å². The van der Waals surface area contributed by atoms with E-state index in [2.05, 4.69) is 5.32 Å². The summed E-state index contributed by atoms with van der Waals surface area (Å²) in [6.45, 7) is 0.150. The topological polar surface area (TPSA) is 62.1 Å². The molecule has 0 fully saturated rings. The first-order valence-electron chi connectivity index (χ1n) is 6.95. The van der Waals surface area contributed by atoms with Gasteiger partial charge in [-0.15, -0.1) is 0 Å². The Morgan fingerprint density at radius 2 is 2.04 bits per heavy atom. The average molecular weight is 314 g/mol. The molecule has 1 atom stereocenters. The number of fused-ring (bicyclic) bond motifs is 3. The summed E-state index contributed by atoms with van der Waals surface area (Å²) < 4.78 is 32.4. The minimum Gasteiger partial charge on any atom is -0.488 e. The number of hydrogen-bond acceptors (Lipinski definition) is 3. The maximum atomic E-state index is 13.5. The number of carbonyl (C=O) groups is 1. The molecule has 3 rings (SSSR count). The number of hydrogen-bond donors (Lipinski definition) is 1. The summed E-state index contributed by atoms with van der Waals surface area (Å²) in [5, 5.41) is 11.4. The van der Waals surface area contributed by atoms with Crippen LogP contribution >= 0.6 is 0 Å². The van der Waals surface area contributed by atoms with Crippen LogP contribution in [0, 0.1) is 23.0 Å². The van der Waals surface area contributed by atoms with E-state index < -0.39 is 17.7 Å². The zero-order chi connectivity index (χ0) is 16.4. The molecule has 0 radical (unpaired) electrons. The summed E-state index contributed by atoms with van der Waals surface area (Å²) in [6, 6.07) is 8.92. The zero-order valence-corrected chi connectivity index (χ0v) is 12.0. The lowest BCUT2D eigenvalue weighted by molar-refractivity contribution is -0.109. The SMILES string of the molecule is N#CC(Cc1ccc2c(c1)OCc1cc(F)c(F)cc1-2)NC=O. The van der Waals surface area contributed by atoms with Gasteiger partial charge in [-0.3, -0.25) is 4.79 Å². The highest BCUT2D eigenvalue weighted by Crippen LogP contribution is 2.39. The van der Waals surface area contributed by atoms with Crippen molar-refractivity contribution in [3.8, 4) is 22.9 Å². The van der Waals surface area contributed by atoms with Gasteiger partial charge in [0.05, 0.1) is 6.07 Å². The van der Waals surface area contributed by atoms with Crippen molar-refractivity contribution in [2.45, 2.75) is 19.1 Å². The maximum Gasteiger partial charge on any atom is 0.208 e. The number of nitrogens with zero attached hydrogens (tertiary/aromatic N) is 1. The molecule has 1 heterocycles. The zero-order valence-electron chi connectivity index (χ0n) is 12.0. The molecule has 0 aliphatic carbocycles. The Morgan fingerprint density at radius 3 is 2.78 bits per heavy atom. The summed E-state index contributed by atoms with van der Waals surface area (Å²) >= 11 is 0. The number of nitrogens with one attached hydrogen (secondary N) is 1. The van der Waals surface area contributed by atoms with Crippen LogP contribution in [0.25, 0.3) is 11.1 Å². The lowest BCUT2D eigenvalue weighted by atomic mass is 9.94. The van der Waals surface area contributed by atoms with Crippen molar-refractivity contribution in [3.05, 3.63) is 53.1 Å². The molecule has 0 aromatic heterocycles. The quantitative estimate of drug-likeness (QED) is 0.883. The van der Waals surface area contributed by atoms with E-state index in [1.54, 1.807) is 18.2 Å². The molecule has 2 aromatic carbocycles. The Hall–Kier alpha value is -2.94. The monoisotopic (exact) mass is 314 g/mol. The van der Waals surface area contributed by atoms with Gasteiger partial charge < -0.3 is 10.1 Å². The molecule has 1 amide bonds. The Balaban J connectivity index is 1.94. The fourth-order valence-corrected chi connectivity index (χ4v) is 2.61. The van der Waals surface area contributed by atoms with E-state index in [-0.39, 0.29) is 6.61 Å². The van der Waals surface area contributed by atoms with Crippen LogP contribution in [-0.4, -0.2) is 12.5 Å². The fraction of sp³-hybridized carbons (Fsp3) is 0.176. The van der Waals surface area contributed by atoms with E-state index in [0.29, 0.717) is 35.3 Å². The van der Waals surface area contributed by atoms with E-state index >= 15 is 0 Å². The average Bonchev–Trinajstić information content (AvgIpc) is 2.55. The van der Waals surface area contributed by atoms with Crippen LogP contribution < -0.4 is 10.1 Å². The molecule has 116 valence electrons. The van der Waals surface area contributed by atoms with Crippen molar-refractivity contribution < 1.29 is 18.3 Å². The Bertz CT molecular complexity index is 815. The van der Waals surface area contributed by atoms with Gasteiger partial charge in [-0.05, 0) is 29.3 Å². The number of benzene rings is 2. The van der Waals surface area contributed by atoms with Crippen molar-refractivity contribution >= 4 is 6.41 Å². The number of carbonyl (C=O) groups excluding carboxylic acids is 1. The normalized spacial score (nSPS) is 13.1. The van der Waals surface area contributed by atoms with E-state index in [9.17, 15) is 13.6 Å². The predicted molar refractivity (Wildman–Crippen MR) is 78.4 cm³/mol.